The molecule has 1 amide bonds. The highest BCUT2D eigenvalue weighted by Crippen LogP contribution is 2.41. The zero-order valence-corrected chi connectivity index (χ0v) is 19.3. The van der Waals surface area contributed by atoms with Crippen molar-refractivity contribution in [3.8, 4) is 11.5 Å². The Morgan fingerprint density at radius 2 is 1.91 bits per heavy atom. The van der Waals surface area contributed by atoms with Gasteiger partial charge in [-0.15, -0.1) is 0 Å². The van der Waals surface area contributed by atoms with Gasteiger partial charge in [0.05, 0.1) is 33.6 Å². The Balaban J connectivity index is 1.67. The van der Waals surface area contributed by atoms with E-state index in [1.54, 1.807) is 0 Å². The fourth-order valence-electron chi connectivity index (χ4n) is 3.65. The smallest absolute Gasteiger partial charge is 0.415 e. The summed E-state index contributed by atoms with van der Waals surface area (Å²) in [6.07, 6.45) is 1.85. The van der Waals surface area contributed by atoms with Crippen molar-refractivity contribution < 1.29 is 31.1 Å². The molecule has 7 nitrogen and oxygen atoms in total. The molecular weight excluding hydrogens is 507 g/mol. The molecule has 35 heavy (non-hydrogen) atoms. The summed E-state index contributed by atoms with van der Waals surface area (Å²) < 4.78 is 71.6. The van der Waals surface area contributed by atoms with Gasteiger partial charge in [-0.3, -0.25) is 4.79 Å². The molecule has 1 atom stereocenters. The zero-order valence-electron chi connectivity index (χ0n) is 17.7. The third-order valence-corrected chi connectivity index (χ3v) is 7.08. The molecule has 0 spiro atoms. The fourth-order valence-corrected chi connectivity index (χ4v) is 4.99. The van der Waals surface area contributed by atoms with E-state index in [0.717, 1.165) is 6.08 Å². The van der Waals surface area contributed by atoms with Gasteiger partial charge in [0.15, 0.2) is 9.84 Å². The number of fused-ring (bicyclic) bond motifs is 1. The topological polar surface area (TPSA) is 102 Å². The van der Waals surface area contributed by atoms with Crippen molar-refractivity contribution >= 4 is 39.4 Å². The number of sulfone groups is 1. The molecule has 2 aromatic rings. The van der Waals surface area contributed by atoms with Crippen molar-refractivity contribution in [3.63, 3.8) is 0 Å². The van der Waals surface area contributed by atoms with E-state index in [4.69, 9.17) is 22.1 Å². The van der Waals surface area contributed by atoms with E-state index in [0.29, 0.717) is 5.57 Å². The van der Waals surface area contributed by atoms with Crippen molar-refractivity contribution in [2.45, 2.75) is 17.1 Å². The number of aliphatic imine (C=N–C) groups is 1. The highest BCUT2D eigenvalue weighted by molar-refractivity contribution is 7.92. The number of carbonyl (C=O) groups excluding carboxylic acids is 1. The van der Waals surface area contributed by atoms with Crippen LogP contribution in [-0.2, 0) is 14.6 Å². The van der Waals surface area contributed by atoms with Crippen molar-refractivity contribution in [3.05, 3.63) is 83.1 Å². The van der Waals surface area contributed by atoms with Crippen LogP contribution in [0.25, 0.3) is 0 Å². The molecule has 1 heterocycles. The lowest BCUT2D eigenvalue weighted by Crippen LogP contribution is -2.43. The number of nitrogens with zero attached hydrogens (tertiary/aromatic N) is 2. The maximum Gasteiger partial charge on any atom is 0.415 e. The molecule has 0 fully saturated rings. The Hall–Kier alpha value is -3.57. The summed E-state index contributed by atoms with van der Waals surface area (Å²) in [5.74, 6) is -1.56. The number of rotatable bonds is 6. The lowest BCUT2D eigenvalue weighted by atomic mass is 9.91. The Morgan fingerprint density at radius 1 is 1.17 bits per heavy atom. The van der Waals surface area contributed by atoms with Crippen LogP contribution in [0.5, 0.6) is 11.5 Å². The number of primary amides is 1. The zero-order chi connectivity index (χ0) is 25.4. The molecular formula is C23H17ClF3N3O4S. The van der Waals surface area contributed by atoms with Crippen LogP contribution >= 0.6 is 11.6 Å². The normalized spacial score (nSPS) is 17.5. The van der Waals surface area contributed by atoms with E-state index >= 15 is 0 Å². The van der Waals surface area contributed by atoms with Crippen LogP contribution in [0.15, 0.2) is 87.9 Å². The minimum absolute atomic E-state index is 0.119. The summed E-state index contributed by atoms with van der Waals surface area (Å²) in [5, 5.41) is 0.152. The lowest BCUT2D eigenvalue weighted by molar-refractivity contribution is -0.115. The maximum absolute atomic E-state index is 13.7. The largest absolute Gasteiger partial charge is 0.457 e. The van der Waals surface area contributed by atoms with E-state index in [9.17, 15) is 26.4 Å². The molecule has 0 radical (unpaired) electrons. The molecule has 182 valence electrons. The van der Waals surface area contributed by atoms with Crippen molar-refractivity contribution in [2.24, 2.45) is 10.7 Å². The second kappa shape index (κ2) is 9.23. The van der Waals surface area contributed by atoms with Gasteiger partial charge in [-0.25, -0.2) is 13.4 Å². The van der Waals surface area contributed by atoms with Crippen LogP contribution in [0, 0.1) is 0 Å². The predicted molar refractivity (Wildman–Crippen MR) is 125 cm³/mol. The van der Waals surface area contributed by atoms with Gasteiger partial charge in [-0.2, -0.15) is 13.2 Å². The minimum atomic E-state index is -4.59. The summed E-state index contributed by atoms with van der Waals surface area (Å²) in [5.41, 5.74) is 4.75. The lowest BCUT2D eigenvalue weighted by Gasteiger charge is -2.37. The molecule has 2 aliphatic rings. The van der Waals surface area contributed by atoms with Gasteiger partial charge in [0.2, 0.25) is 5.91 Å². The number of amides is 1. The quantitative estimate of drug-likeness (QED) is 0.598. The summed E-state index contributed by atoms with van der Waals surface area (Å²) in [6, 6.07) is 8.56. The molecule has 1 aliphatic carbocycles. The molecule has 1 unspecified atom stereocenters. The number of benzene rings is 2. The average molecular weight is 524 g/mol. The van der Waals surface area contributed by atoms with Crippen LogP contribution in [-0.4, -0.2) is 38.6 Å². The predicted octanol–water partition coefficient (Wildman–Crippen LogP) is 4.55. The van der Waals surface area contributed by atoms with E-state index in [2.05, 4.69) is 4.99 Å². The number of halogens is 4. The number of hydrogen-bond donors (Lipinski definition) is 1. The number of nitrogens with two attached hydrogens (primary N) is 1. The van der Waals surface area contributed by atoms with Gasteiger partial charge in [-0.05, 0) is 35.9 Å². The van der Waals surface area contributed by atoms with E-state index in [1.807, 2.05) is 0 Å². The minimum Gasteiger partial charge on any atom is -0.457 e. The first kappa shape index (κ1) is 24.6. The van der Waals surface area contributed by atoms with Gasteiger partial charge < -0.3 is 15.4 Å². The third kappa shape index (κ3) is 5.25. The van der Waals surface area contributed by atoms with Crippen molar-refractivity contribution in [1.82, 2.24) is 0 Å². The Kier molecular flexibility index (Phi) is 6.48. The summed E-state index contributed by atoms with van der Waals surface area (Å²) in [4.78, 5) is 16.2. The van der Waals surface area contributed by atoms with Crippen LogP contribution < -0.4 is 15.4 Å². The number of ether oxygens (including phenoxy) is 1. The molecule has 12 heteroatoms. The molecule has 0 saturated carbocycles. The van der Waals surface area contributed by atoms with Gasteiger partial charge in [0, 0.05) is 12.3 Å². The average Bonchev–Trinajstić information content (AvgIpc) is 2.78. The Bertz CT molecular complexity index is 1420. The SMILES string of the molecule is NC(=O)CS(=O)(=O)c1cccc(Oc2ccc(Cl)c(N3C=NC=C4C=CC=C(C(F)(F)F)C43)c2)c1. The van der Waals surface area contributed by atoms with E-state index in [-0.39, 0.29) is 27.1 Å². The molecule has 0 aromatic heterocycles. The van der Waals surface area contributed by atoms with Crippen LogP contribution in [0.1, 0.15) is 0 Å². The molecule has 2 aromatic carbocycles. The number of anilines is 1. The molecule has 4 rings (SSSR count). The molecule has 1 aliphatic heterocycles. The van der Waals surface area contributed by atoms with Gasteiger partial charge >= 0.3 is 6.18 Å². The number of alkyl halides is 3. The van der Waals surface area contributed by atoms with Gasteiger partial charge in [0.25, 0.3) is 0 Å². The van der Waals surface area contributed by atoms with Crippen molar-refractivity contribution in [1.29, 1.82) is 0 Å². The van der Waals surface area contributed by atoms with Gasteiger partial charge in [-0.1, -0.05) is 35.9 Å². The summed E-state index contributed by atoms with van der Waals surface area (Å²) >= 11 is 6.34. The van der Waals surface area contributed by atoms with Gasteiger partial charge in [0.1, 0.15) is 17.3 Å². The van der Waals surface area contributed by atoms with E-state index < -0.39 is 39.3 Å². The van der Waals surface area contributed by atoms with E-state index in [1.165, 1.54) is 72.1 Å². The summed E-state index contributed by atoms with van der Waals surface area (Å²) in [7, 11) is -3.97. The second-order valence-electron chi connectivity index (χ2n) is 7.60. The third-order valence-electron chi connectivity index (χ3n) is 5.12. The highest BCUT2D eigenvalue weighted by atomic mass is 35.5. The van der Waals surface area contributed by atoms with Crippen LogP contribution in [0.3, 0.4) is 0 Å². The van der Waals surface area contributed by atoms with Crippen LogP contribution in [0.2, 0.25) is 5.02 Å². The Morgan fingerprint density at radius 3 is 2.63 bits per heavy atom. The molecule has 0 saturated heterocycles. The number of carbonyl (C=O) groups is 1. The Labute approximate surface area is 203 Å². The highest BCUT2D eigenvalue weighted by Gasteiger charge is 2.44. The first-order valence-electron chi connectivity index (χ1n) is 10.0. The van der Waals surface area contributed by atoms with Crippen molar-refractivity contribution in [2.75, 3.05) is 10.7 Å². The molecule has 0 bridgehead atoms. The number of allylic oxidation sites excluding steroid dienone is 2. The van der Waals surface area contributed by atoms with Crippen LogP contribution in [0.4, 0.5) is 18.9 Å². The second-order valence-corrected chi connectivity index (χ2v) is 9.99. The monoisotopic (exact) mass is 523 g/mol. The first-order chi connectivity index (χ1) is 16.5. The molecule has 2 N–H and O–H groups in total. The maximum atomic E-state index is 13.7. The standard InChI is InChI=1S/C23H17ClF3N3O4S/c24-19-8-7-16(34-15-4-2-5-17(9-15)35(32,33)12-21(28)31)10-20(19)30-13-29-11-14-3-1-6-18(22(14)30)23(25,26)27/h1-11,13,22H,12H2,(H2,28,31). The number of hydrogen-bond acceptors (Lipinski definition) is 6. The first-order valence-corrected chi connectivity index (χ1v) is 12.0. The summed E-state index contributed by atoms with van der Waals surface area (Å²) in [6.45, 7) is 0. The fraction of sp³-hybridized carbons (Fsp3) is 0.130.